The minimum Gasteiger partial charge on any atom is -0.496 e. The summed E-state index contributed by atoms with van der Waals surface area (Å²) in [6.07, 6.45) is 1.85. The van der Waals surface area contributed by atoms with Crippen LogP contribution in [0.1, 0.15) is 5.56 Å². The summed E-state index contributed by atoms with van der Waals surface area (Å²) >= 11 is 0. The van der Waals surface area contributed by atoms with Crippen LogP contribution in [-0.4, -0.2) is 17.3 Å². The second-order valence-electron chi connectivity index (χ2n) is 4.72. The molecule has 1 N–H and O–H groups in total. The number of aromatic nitrogens is 2. The SMILES string of the molecule is COc1ccccc1-c1[nH]ncc1-c1ccc(C)cc1. The summed E-state index contributed by atoms with van der Waals surface area (Å²) in [4.78, 5) is 0. The lowest BCUT2D eigenvalue weighted by Crippen LogP contribution is -1.89. The molecule has 0 amide bonds. The van der Waals surface area contributed by atoms with Crippen LogP contribution in [0.2, 0.25) is 0 Å². The Balaban J connectivity index is 2.13. The van der Waals surface area contributed by atoms with Gasteiger partial charge in [-0.25, -0.2) is 0 Å². The number of methoxy groups -OCH3 is 1. The molecule has 1 aromatic heterocycles. The lowest BCUT2D eigenvalue weighted by Gasteiger charge is -2.08. The maximum atomic E-state index is 5.43. The van der Waals surface area contributed by atoms with Crippen LogP contribution in [0, 0.1) is 6.92 Å². The number of rotatable bonds is 3. The molecular weight excluding hydrogens is 248 g/mol. The van der Waals surface area contributed by atoms with Crippen molar-refractivity contribution < 1.29 is 4.74 Å². The van der Waals surface area contributed by atoms with Gasteiger partial charge >= 0.3 is 0 Å². The fraction of sp³-hybridized carbons (Fsp3) is 0.118. The van der Waals surface area contributed by atoms with E-state index in [9.17, 15) is 0 Å². The van der Waals surface area contributed by atoms with Gasteiger partial charge in [0.05, 0.1) is 19.0 Å². The van der Waals surface area contributed by atoms with Gasteiger partial charge < -0.3 is 4.74 Å². The topological polar surface area (TPSA) is 37.9 Å². The predicted molar refractivity (Wildman–Crippen MR) is 80.7 cm³/mol. The molecule has 0 spiro atoms. The van der Waals surface area contributed by atoms with Gasteiger partial charge in [0.25, 0.3) is 0 Å². The van der Waals surface area contributed by atoms with E-state index in [1.807, 2.05) is 30.5 Å². The number of hydrogen-bond acceptors (Lipinski definition) is 2. The van der Waals surface area contributed by atoms with E-state index in [-0.39, 0.29) is 0 Å². The fourth-order valence-electron chi connectivity index (χ4n) is 2.29. The molecule has 0 atom stereocenters. The van der Waals surface area contributed by atoms with E-state index in [2.05, 4.69) is 41.4 Å². The summed E-state index contributed by atoms with van der Waals surface area (Å²) in [5, 5.41) is 7.27. The monoisotopic (exact) mass is 264 g/mol. The van der Waals surface area contributed by atoms with E-state index in [1.165, 1.54) is 5.56 Å². The minimum atomic E-state index is 0.838. The summed E-state index contributed by atoms with van der Waals surface area (Å²) in [5.74, 6) is 0.838. The Hall–Kier alpha value is -2.55. The summed E-state index contributed by atoms with van der Waals surface area (Å²) < 4.78 is 5.43. The number of para-hydroxylation sites is 1. The quantitative estimate of drug-likeness (QED) is 0.774. The number of H-pyrrole nitrogens is 1. The van der Waals surface area contributed by atoms with E-state index < -0.39 is 0 Å². The first-order valence-electron chi connectivity index (χ1n) is 6.53. The highest BCUT2D eigenvalue weighted by molar-refractivity contribution is 5.83. The van der Waals surface area contributed by atoms with E-state index in [0.717, 1.165) is 28.1 Å². The van der Waals surface area contributed by atoms with Crippen molar-refractivity contribution in [3.8, 4) is 28.1 Å². The van der Waals surface area contributed by atoms with Gasteiger partial charge in [-0.1, -0.05) is 42.0 Å². The largest absolute Gasteiger partial charge is 0.496 e. The van der Waals surface area contributed by atoms with E-state index in [1.54, 1.807) is 7.11 Å². The zero-order chi connectivity index (χ0) is 13.9. The van der Waals surface area contributed by atoms with Crippen molar-refractivity contribution in [2.75, 3.05) is 7.11 Å². The molecule has 0 saturated carbocycles. The van der Waals surface area contributed by atoms with Gasteiger partial charge in [0.1, 0.15) is 5.75 Å². The fourth-order valence-corrected chi connectivity index (χ4v) is 2.29. The summed E-state index contributed by atoms with van der Waals surface area (Å²) in [5.41, 5.74) is 5.46. The first-order chi connectivity index (χ1) is 9.79. The Morgan fingerprint density at radius 1 is 0.950 bits per heavy atom. The Morgan fingerprint density at radius 2 is 1.70 bits per heavy atom. The van der Waals surface area contributed by atoms with Gasteiger partial charge in [-0.05, 0) is 24.6 Å². The zero-order valence-electron chi connectivity index (χ0n) is 11.6. The second-order valence-corrected chi connectivity index (χ2v) is 4.72. The van der Waals surface area contributed by atoms with E-state index >= 15 is 0 Å². The average molecular weight is 264 g/mol. The van der Waals surface area contributed by atoms with Crippen LogP contribution < -0.4 is 4.74 Å². The highest BCUT2D eigenvalue weighted by Crippen LogP contribution is 2.35. The summed E-state index contributed by atoms with van der Waals surface area (Å²) in [6, 6.07) is 16.4. The molecule has 2 aromatic carbocycles. The third-order valence-corrected chi connectivity index (χ3v) is 3.38. The van der Waals surface area contributed by atoms with Crippen molar-refractivity contribution in [2.45, 2.75) is 6.92 Å². The molecule has 20 heavy (non-hydrogen) atoms. The van der Waals surface area contributed by atoms with Crippen molar-refractivity contribution in [1.82, 2.24) is 10.2 Å². The molecule has 3 rings (SSSR count). The molecule has 3 heteroatoms. The lowest BCUT2D eigenvalue weighted by atomic mass is 10.0. The van der Waals surface area contributed by atoms with Crippen LogP contribution in [-0.2, 0) is 0 Å². The standard InChI is InChI=1S/C17H16N2O/c1-12-7-9-13(10-8-12)15-11-18-19-17(15)14-5-3-4-6-16(14)20-2/h3-11H,1-2H3,(H,18,19). The number of benzene rings is 2. The van der Waals surface area contributed by atoms with Gasteiger partial charge in [-0.3, -0.25) is 5.10 Å². The molecule has 3 aromatic rings. The lowest BCUT2D eigenvalue weighted by molar-refractivity contribution is 0.416. The highest BCUT2D eigenvalue weighted by atomic mass is 16.5. The third kappa shape index (κ3) is 2.18. The molecular formula is C17H16N2O. The number of aromatic amines is 1. The Kier molecular flexibility index (Phi) is 3.25. The second kappa shape index (κ2) is 5.21. The zero-order valence-corrected chi connectivity index (χ0v) is 11.6. The Labute approximate surface area is 118 Å². The number of ether oxygens (including phenoxy) is 1. The maximum absolute atomic E-state index is 5.43. The normalized spacial score (nSPS) is 10.5. The Bertz CT molecular complexity index is 714. The van der Waals surface area contributed by atoms with Crippen molar-refractivity contribution in [1.29, 1.82) is 0 Å². The molecule has 0 aliphatic heterocycles. The highest BCUT2D eigenvalue weighted by Gasteiger charge is 2.13. The van der Waals surface area contributed by atoms with Gasteiger partial charge in [-0.2, -0.15) is 5.10 Å². The molecule has 0 fully saturated rings. The molecule has 100 valence electrons. The number of nitrogens with one attached hydrogen (secondary N) is 1. The van der Waals surface area contributed by atoms with Crippen LogP contribution in [0.25, 0.3) is 22.4 Å². The first kappa shape index (κ1) is 12.5. The molecule has 0 aliphatic rings. The first-order valence-corrected chi connectivity index (χ1v) is 6.53. The molecule has 0 aliphatic carbocycles. The van der Waals surface area contributed by atoms with Crippen molar-refractivity contribution in [3.05, 3.63) is 60.3 Å². The summed E-state index contributed by atoms with van der Waals surface area (Å²) in [6.45, 7) is 2.08. The van der Waals surface area contributed by atoms with Crippen LogP contribution >= 0.6 is 0 Å². The molecule has 0 saturated heterocycles. The van der Waals surface area contributed by atoms with Gasteiger partial charge in [0.15, 0.2) is 0 Å². The van der Waals surface area contributed by atoms with Gasteiger partial charge in [0, 0.05) is 11.1 Å². The molecule has 0 bridgehead atoms. The minimum absolute atomic E-state index is 0.838. The molecule has 1 heterocycles. The van der Waals surface area contributed by atoms with Crippen LogP contribution in [0.4, 0.5) is 0 Å². The number of aryl methyl sites for hydroxylation is 1. The average Bonchev–Trinajstić information content (AvgIpc) is 2.97. The van der Waals surface area contributed by atoms with Crippen LogP contribution in [0.5, 0.6) is 5.75 Å². The van der Waals surface area contributed by atoms with Crippen LogP contribution in [0.3, 0.4) is 0 Å². The molecule has 3 nitrogen and oxygen atoms in total. The van der Waals surface area contributed by atoms with Crippen molar-refractivity contribution in [2.24, 2.45) is 0 Å². The van der Waals surface area contributed by atoms with Crippen molar-refractivity contribution in [3.63, 3.8) is 0 Å². The maximum Gasteiger partial charge on any atom is 0.128 e. The van der Waals surface area contributed by atoms with Gasteiger partial charge in [-0.15, -0.1) is 0 Å². The predicted octanol–water partition coefficient (Wildman–Crippen LogP) is 4.06. The van der Waals surface area contributed by atoms with Gasteiger partial charge in [0.2, 0.25) is 0 Å². The van der Waals surface area contributed by atoms with E-state index in [4.69, 9.17) is 4.74 Å². The third-order valence-electron chi connectivity index (χ3n) is 3.38. The smallest absolute Gasteiger partial charge is 0.128 e. The Morgan fingerprint density at radius 3 is 2.45 bits per heavy atom. The number of hydrogen-bond donors (Lipinski definition) is 1. The van der Waals surface area contributed by atoms with E-state index in [0.29, 0.717) is 0 Å². The number of nitrogens with zero attached hydrogens (tertiary/aromatic N) is 1. The molecule has 0 unspecified atom stereocenters. The van der Waals surface area contributed by atoms with Crippen molar-refractivity contribution >= 4 is 0 Å². The molecule has 0 radical (unpaired) electrons. The van der Waals surface area contributed by atoms with Crippen LogP contribution in [0.15, 0.2) is 54.7 Å². The summed E-state index contributed by atoms with van der Waals surface area (Å²) in [7, 11) is 1.68.